The Morgan fingerprint density at radius 3 is 1.61 bits per heavy atom. The molecule has 0 saturated carbocycles. The maximum absolute atomic E-state index is 8.49. The lowest BCUT2D eigenvalue weighted by molar-refractivity contribution is -2.00. The molecule has 0 bridgehead atoms. The number of aromatic nitrogens is 2. The fourth-order valence-electron chi connectivity index (χ4n) is 3.68. The van der Waals surface area contributed by atoms with Gasteiger partial charge in [0.2, 0.25) is 5.69 Å². The van der Waals surface area contributed by atoms with E-state index >= 15 is 0 Å². The molecule has 0 radical (unpaired) electrons. The van der Waals surface area contributed by atoms with Gasteiger partial charge in [-0.1, -0.05) is 78.9 Å². The molecule has 0 atom stereocenters. The molecule has 31 heavy (non-hydrogen) atoms. The first-order valence-corrected chi connectivity index (χ1v) is 10.8. The SMILES string of the molecule is Cn1c(-c2ccccc2)c(Cc2ccccc2)c(-c2ccccc2)[n+]1C.[O-][Cl+3]([O-])([O-])[O-]. The molecule has 6 nitrogen and oxygen atoms in total. The van der Waals surface area contributed by atoms with E-state index in [4.69, 9.17) is 18.6 Å². The molecule has 0 N–H and O–H groups in total. The fourth-order valence-corrected chi connectivity index (χ4v) is 3.68. The van der Waals surface area contributed by atoms with Crippen LogP contribution in [0.25, 0.3) is 22.5 Å². The summed E-state index contributed by atoms with van der Waals surface area (Å²) < 4.78 is 38.5. The molecule has 0 aliphatic heterocycles. The molecular weight excluding hydrogens is 416 g/mol. The summed E-state index contributed by atoms with van der Waals surface area (Å²) in [6.07, 6.45) is 0.907. The molecule has 1 aromatic heterocycles. The van der Waals surface area contributed by atoms with Crippen LogP contribution in [0.2, 0.25) is 0 Å². The van der Waals surface area contributed by atoms with Gasteiger partial charge in [-0.25, -0.2) is 18.6 Å². The second-order valence-corrected chi connectivity index (χ2v) is 7.75. The minimum Gasteiger partial charge on any atom is -0.222 e. The number of rotatable bonds is 4. The van der Waals surface area contributed by atoms with Crippen molar-refractivity contribution < 1.29 is 33.6 Å². The highest BCUT2D eigenvalue weighted by Crippen LogP contribution is 2.32. The van der Waals surface area contributed by atoms with Crippen LogP contribution in [-0.2, 0) is 20.5 Å². The van der Waals surface area contributed by atoms with E-state index in [0.29, 0.717) is 0 Å². The van der Waals surface area contributed by atoms with Crippen molar-refractivity contribution in [1.29, 1.82) is 0 Å². The lowest BCUT2D eigenvalue weighted by Crippen LogP contribution is -2.68. The van der Waals surface area contributed by atoms with Gasteiger partial charge in [-0.15, -0.1) is 14.9 Å². The number of hydrogen-bond acceptors (Lipinski definition) is 4. The molecule has 7 heteroatoms. The number of halogens is 1. The van der Waals surface area contributed by atoms with Crippen molar-refractivity contribution in [1.82, 2.24) is 4.68 Å². The van der Waals surface area contributed by atoms with Crippen LogP contribution in [0, 0.1) is 10.2 Å². The van der Waals surface area contributed by atoms with Crippen molar-refractivity contribution in [2.45, 2.75) is 6.42 Å². The summed E-state index contributed by atoms with van der Waals surface area (Å²) in [7, 11) is -0.660. The Bertz CT molecular complexity index is 1040. The Morgan fingerprint density at radius 1 is 0.710 bits per heavy atom. The van der Waals surface area contributed by atoms with Gasteiger partial charge in [0.25, 0.3) is 0 Å². The molecule has 0 spiro atoms. The van der Waals surface area contributed by atoms with Crippen molar-refractivity contribution in [3.05, 3.63) is 102 Å². The van der Waals surface area contributed by atoms with Crippen LogP contribution in [0.5, 0.6) is 0 Å². The zero-order chi connectivity index (χ0) is 22.4. The Labute approximate surface area is 183 Å². The maximum Gasteiger partial charge on any atom is 0.242 e. The highest BCUT2D eigenvalue weighted by molar-refractivity contribution is 5.73. The van der Waals surface area contributed by atoms with Crippen molar-refractivity contribution in [3.8, 4) is 22.5 Å². The van der Waals surface area contributed by atoms with Crippen molar-refractivity contribution >= 4 is 0 Å². The maximum atomic E-state index is 8.49. The van der Waals surface area contributed by atoms with Crippen LogP contribution in [0.15, 0.2) is 91.0 Å². The molecule has 4 rings (SSSR count). The quantitative estimate of drug-likeness (QED) is 0.419. The lowest BCUT2D eigenvalue weighted by atomic mass is 9.96. The van der Waals surface area contributed by atoms with E-state index in [1.807, 2.05) is 0 Å². The largest absolute Gasteiger partial charge is 0.242 e. The predicted molar refractivity (Wildman–Crippen MR) is 107 cm³/mol. The first-order valence-electron chi connectivity index (χ1n) is 9.60. The molecule has 1 heterocycles. The molecule has 4 aromatic rings. The second-order valence-electron chi connectivity index (χ2n) is 7.00. The van der Waals surface area contributed by atoms with Gasteiger partial charge in [0.1, 0.15) is 5.69 Å². The van der Waals surface area contributed by atoms with Crippen molar-refractivity contribution in [2.24, 2.45) is 14.1 Å². The standard InChI is InChI=1S/C24H23N2.ClHO4/c1-25-23(20-14-8-4-9-15-20)22(18-19-12-6-3-7-13-19)24(26(25)2)21-16-10-5-11-17-21;2-1(3,4)5/h3-17H,18H2,1-2H3;(H,2,3,4,5)/q+1;/p-1. The Balaban J connectivity index is 0.000000491. The van der Waals surface area contributed by atoms with E-state index in [-0.39, 0.29) is 0 Å². The van der Waals surface area contributed by atoms with Crippen LogP contribution >= 0.6 is 0 Å². The molecule has 0 saturated heterocycles. The summed E-state index contributed by atoms with van der Waals surface area (Å²) >= 11 is 0. The molecule has 0 aliphatic rings. The summed E-state index contributed by atoms with van der Waals surface area (Å²) in [6.45, 7) is 0. The van der Waals surface area contributed by atoms with Crippen molar-refractivity contribution in [3.63, 3.8) is 0 Å². The van der Waals surface area contributed by atoms with E-state index in [1.54, 1.807) is 0 Å². The zero-order valence-electron chi connectivity index (χ0n) is 17.3. The monoisotopic (exact) mass is 438 g/mol. The summed E-state index contributed by atoms with van der Waals surface area (Å²) in [5, 5.41) is 0. The summed E-state index contributed by atoms with van der Waals surface area (Å²) in [6, 6.07) is 32.1. The van der Waals surface area contributed by atoms with Crippen LogP contribution < -0.4 is 23.3 Å². The van der Waals surface area contributed by atoms with E-state index in [0.717, 1.165) is 6.42 Å². The topological polar surface area (TPSA) is 101 Å². The molecule has 0 amide bonds. The smallest absolute Gasteiger partial charge is 0.222 e. The average molecular weight is 439 g/mol. The highest BCUT2D eigenvalue weighted by Gasteiger charge is 2.28. The van der Waals surface area contributed by atoms with Gasteiger partial charge in [-0.2, -0.15) is 4.68 Å². The summed E-state index contributed by atoms with van der Waals surface area (Å²) in [5.74, 6) is 0. The van der Waals surface area contributed by atoms with Gasteiger partial charge in [-0.05, 0) is 17.7 Å². The zero-order valence-corrected chi connectivity index (χ0v) is 18.0. The number of nitrogens with zero attached hydrogens (tertiary/aromatic N) is 2. The number of benzene rings is 3. The average Bonchev–Trinajstić information content (AvgIpc) is 2.98. The van der Waals surface area contributed by atoms with Gasteiger partial charge < -0.3 is 0 Å². The Hall–Kier alpha value is -3.00. The normalized spacial score (nSPS) is 11.0. The lowest BCUT2D eigenvalue weighted by Gasteiger charge is -2.17. The molecular formula is C24H23ClN2O4. The van der Waals surface area contributed by atoms with E-state index in [9.17, 15) is 0 Å². The molecule has 3 aromatic carbocycles. The Kier molecular flexibility index (Phi) is 7.22. The van der Waals surface area contributed by atoms with E-state index in [1.165, 1.54) is 33.6 Å². The Morgan fingerprint density at radius 2 is 1.13 bits per heavy atom. The van der Waals surface area contributed by atoms with Crippen LogP contribution in [-0.4, -0.2) is 4.68 Å². The van der Waals surface area contributed by atoms with E-state index in [2.05, 4.69) is 114 Å². The molecule has 0 fully saturated rings. The highest BCUT2D eigenvalue weighted by atomic mass is 35.7. The third-order valence-corrected chi connectivity index (χ3v) is 4.99. The van der Waals surface area contributed by atoms with E-state index < -0.39 is 10.2 Å². The van der Waals surface area contributed by atoms with Gasteiger partial charge in [0.15, 0.2) is 7.05 Å². The van der Waals surface area contributed by atoms with Crippen LogP contribution in [0.4, 0.5) is 0 Å². The third-order valence-electron chi connectivity index (χ3n) is 4.99. The van der Waals surface area contributed by atoms with Gasteiger partial charge in [0.05, 0.1) is 12.6 Å². The van der Waals surface area contributed by atoms with Crippen molar-refractivity contribution in [2.75, 3.05) is 0 Å². The summed E-state index contributed by atoms with van der Waals surface area (Å²) in [5.41, 5.74) is 7.73. The van der Waals surface area contributed by atoms with Gasteiger partial charge in [-0.3, -0.25) is 0 Å². The first kappa shape index (κ1) is 22.7. The van der Waals surface area contributed by atoms with Gasteiger partial charge >= 0.3 is 0 Å². The van der Waals surface area contributed by atoms with Gasteiger partial charge in [0, 0.05) is 17.5 Å². The van der Waals surface area contributed by atoms with Crippen LogP contribution in [0.1, 0.15) is 11.1 Å². The summed E-state index contributed by atoms with van der Waals surface area (Å²) in [4.78, 5) is 0. The minimum absolute atomic E-state index is 0.907. The first-order chi connectivity index (χ1) is 14.8. The number of hydrogen-bond donors (Lipinski definition) is 0. The molecule has 160 valence electrons. The predicted octanol–water partition coefficient (Wildman–Crippen LogP) is 0.0184. The molecule has 0 aliphatic carbocycles. The third kappa shape index (κ3) is 6.01. The fraction of sp³-hybridized carbons (Fsp3) is 0.125. The van der Waals surface area contributed by atoms with Crippen LogP contribution in [0.3, 0.4) is 0 Å². The second kappa shape index (κ2) is 9.87. The minimum atomic E-state index is -4.94. The molecule has 0 unspecified atom stereocenters.